The van der Waals surface area contributed by atoms with Crippen LogP contribution in [0.2, 0.25) is 0 Å². The summed E-state index contributed by atoms with van der Waals surface area (Å²) in [7, 11) is 0. The molecule has 0 aliphatic rings. The normalized spacial score (nSPS) is 10.6. The Morgan fingerprint density at radius 3 is 2.34 bits per heavy atom. The van der Waals surface area contributed by atoms with Gasteiger partial charge in [0.2, 0.25) is 0 Å². The van der Waals surface area contributed by atoms with Crippen molar-refractivity contribution >= 4 is 23.3 Å². The van der Waals surface area contributed by atoms with Gasteiger partial charge in [0.25, 0.3) is 11.6 Å². The lowest BCUT2D eigenvalue weighted by molar-refractivity contribution is -0.384. The van der Waals surface area contributed by atoms with Crippen molar-refractivity contribution in [3.05, 3.63) is 63.7 Å². The van der Waals surface area contributed by atoms with E-state index in [1.165, 1.54) is 42.5 Å². The summed E-state index contributed by atoms with van der Waals surface area (Å²) in [5.41, 5.74) is 0.362. The SMILES string of the molecule is CCN(CC)CCOC(=O)c1ccc(NC(=O)c2ccc([N+](=O)[O-])cc2)cc1O. The molecule has 0 unspecified atom stereocenters. The van der Waals surface area contributed by atoms with E-state index in [-0.39, 0.29) is 34.9 Å². The molecule has 0 aliphatic heterocycles. The van der Waals surface area contributed by atoms with Gasteiger partial charge in [0.05, 0.1) is 4.92 Å². The first-order valence-electron chi connectivity index (χ1n) is 9.14. The number of nitro benzene ring substituents is 1. The molecule has 29 heavy (non-hydrogen) atoms. The fraction of sp³-hybridized carbons (Fsp3) is 0.300. The molecular weight excluding hydrogens is 378 g/mol. The molecule has 154 valence electrons. The number of carbonyl (C=O) groups is 2. The molecule has 9 nitrogen and oxygen atoms in total. The molecule has 0 saturated heterocycles. The Bertz CT molecular complexity index is 878. The van der Waals surface area contributed by atoms with Crippen molar-refractivity contribution in [2.24, 2.45) is 0 Å². The largest absolute Gasteiger partial charge is 0.507 e. The lowest BCUT2D eigenvalue weighted by Gasteiger charge is -2.17. The van der Waals surface area contributed by atoms with Gasteiger partial charge in [0.15, 0.2) is 0 Å². The molecule has 1 amide bonds. The number of hydrogen-bond acceptors (Lipinski definition) is 7. The first kappa shape index (κ1) is 21.8. The molecule has 2 aromatic carbocycles. The number of phenols is 1. The van der Waals surface area contributed by atoms with Gasteiger partial charge in [-0.2, -0.15) is 0 Å². The number of carbonyl (C=O) groups excluding carboxylic acids is 2. The predicted octanol–water partition coefficient (Wildman–Crippen LogP) is 3.05. The minimum Gasteiger partial charge on any atom is -0.507 e. The highest BCUT2D eigenvalue weighted by molar-refractivity contribution is 6.04. The summed E-state index contributed by atoms with van der Waals surface area (Å²) in [5.74, 6) is -1.48. The summed E-state index contributed by atoms with van der Waals surface area (Å²) < 4.78 is 5.18. The molecule has 0 heterocycles. The number of aromatic hydroxyl groups is 1. The lowest BCUT2D eigenvalue weighted by Crippen LogP contribution is -2.27. The number of ether oxygens (including phenoxy) is 1. The molecule has 0 bridgehead atoms. The Kier molecular flexibility index (Phi) is 7.67. The van der Waals surface area contributed by atoms with Gasteiger partial charge in [-0.1, -0.05) is 13.8 Å². The number of esters is 1. The van der Waals surface area contributed by atoms with E-state index in [1.807, 2.05) is 13.8 Å². The topological polar surface area (TPSA) is 122 Å². The van der Waals surface area contributed by atoms with Gasteiger partial charge in [0.1, 0.15) is 17.9 Å². The molecule has 0 saturated carbocycles. The van der Waals surface area contributed by atoms with Gasteiger partial charge in [-0.15, -0.1) is 0 Å². The monoisotopic (exact) mass is 401 g/mol. The number of nitrogens with zero attached hydrogens (tertiary/aromatic N) is 2. The third-order valence-electron chi connectivity index (χ3n) is 4.35. The van der Waals surface area contributed by atoms with Crippen LogP contribution in [0.5, 0.6) is 5.75 Å². The maximum atomic E-state index is 12.2. The standard InChI is InChI=1S/C20H23N3O6/c1-3-22(4-2)11-12-29-20(26)17-10-7-15(13-18(17)24)21-19(25)14-5-8-16(9-6-14)23(27)28/h5-10,13,24H,3-4,11-12H2,1-2H3,(H,21,25). The van der Waals surface area contributed by atoms with E-state index in [0.29, 0.717) is 6.54 Å². The molecule has 0 spiro atoms. The number of non-ortho nitro benzene ring substituents is 1. The smallest absolute Gasteiger partial charge is 0.341 e. The molecule has 9 heteroatoms. The Morgan fingerprint density at radius 2 is 1.79 bits per heavy atom. The number of phenolic OH excluding ortho intramolecular Hbond substituents is 1. The van der Waals surface area contributed by atoms with Crippen LogP contribution in [0.15, 0.2) is 42.5 Å². The highest BCUT2D eigenvalue weighted by atomic mass is 16.6. The first-order valence-corrected chi connectivity index (χ1v) is 9.14. The lowest BCUT2D eigenvalue weighted by atomic mass is 10.1. The summed E-state index contributed by atoms with van der Waals surface area (Å²) in [5, 5.41) is 23.3. The van der Waals surface area contributed by atoms with Crippen LogP contribution in [-0.4, -0.2) is 53.0 Å². The molecule has 2 aromatic rings. The maximum Gasteiger partial charge on any atom is 0.341 e. The number of benzene rings is 2. The molecule has 2 rings (SSSR count). The van der Waals surface area contributed by atoms with E-state index in [0.717, 1.165) is 13.1 Å². The van der Waals surface area contributed by atoms with Crippen LogP contribution >= 0.6 is 0 Å². The Morgan fingerprint density at radius 1 is 1.14 bits per heavy atom. The summed E-state index contributed by atoms with van der Waals surface area (Å²) >= 11 is 0. The third-order valence-corrected chi connectivity index (χ3v) is 4.35. The van der Waals surface area contributed by atoms with Crippen molar-refractivity contribution in [2.45, 2.75) is 13.8 Å². The zero-order chi connectivity index (χ0) is 21.4. The van der Waals surface area contributed by atoms with Crippen LogP contribution in [0.4, 0.5) is 11.4 Å². The van der Waals surface area contributed by atoms with Crippen molar-refractivity contribution in [1.29, 1.82) is 0 Å². The van der Waals surface area contributed by atoms with E-state index in [9.17, 15) is 24.8 Å². The second-order valence-electron chi connectivity index (χ2n) is 6.15. The Hall–Kier alpha value is -3.46. The summed E-state index contributed by atoms with van der Waals surface area (Å²) in [6.07, 6.45) is 0. The van der Waals surface area contributed by atoms with Crippen LogP contribution in [0.1, 0.15) is 34.6 Å². The second kappa shape index (κ2) is 10.2. The van der Waals surface area contributed by atoms with Gasteiger partial charge >= 0.3 is 5.97 Å². The minimum atomic E-state index is -0.650. The van der Waals surface area contributed by atoms with E-state index in [2.05, 4.69) is 10.2 Å². The third kappa shape index (κ3) is 6.01. The van der Waals surface area contributed by atoms with Crippen LogP contribution in [-0.2, 0) is 4.74 Å². The van der Waals surface area contributed by atoms with E-state index >= 15 is 0 Å². The van der Waals surface area contributed by atoms with Crippen LogP contribution in [0, 0.1) is 10.1 Å². The average molecular weight is 401 g/mol. The van der Waals surface area contributed by atoms with E-state index in [4.69, 9.17) is 4.74 Å². The van der Waals surface area contributed by atoms with Gasteiger partial charge in [-0.3, -0.25) is 14.9 Å². The van der Waals surface area contributed by atoms with Crippen LogP contribution < -0.4 is 5.32 Å². The highest BCUT2D eigenvalue weighted by Crippen LogP contribution is 2.23. The zero-order valence-corrected chi connectivity index (χ0v) is 16.3. The van der Waals surface area contributed by atoms with E-state index < -0.39 is 16.8 Å². The zero-order valence-electron chi connectivity index (χ0n) is 16.3. The van der Waals surface area contributed by atoms with E-state index in [1.54, 1.807) is 0 Å². The fourth-order valence-electron chi connectivity index (χ4n) is 2.60. The minimum absolute atomic E-state index is 0.00196. The van der Waals surface area contributed by atoms with Crippen molar-refractivity contribution < 1.29 is 24.4 Å². The van der Waals surface area contributed by atoms with Gasteiger partial charge in [-0.25, -0.2) is 4.79 Å². The molecular formula is C20H23N3O6. The highest BCUT2D eigenvalue weighted by Gasteiger charge is 2.15. The maximum absolute atomic E-state index is 12.2. The molecule has 0 fully saturated rings. The predicted molar refractivity (Wildman–Crippen MR) is 107 cm³/mol. The van der Waals surface area contributed by atoms with Gasteiger partial charge in [0, 0.05) is 36.0 Å². The van der Waals surface area contributed by atoms with Crippen LogP contribution in [0.3, 0.4) is 0 Å². The number of hydrogen-bond donors (Lipinski definition) is 2. The summed E-state index contributed by atoms with van der Waals surface area (Å²) in [6.45, 7) is 6.54. The number of rotatable bonds is 9. The summed E-state index contributed by atoms with van der Waals surface area (Å²) in [6, 6.07) is 9.17. The number of anilines is 1. The number of amides is 1. The van der Waals surface area contributed by atoms with Crippen molar-refractivity contribution in [3.63, 3.8) is 0 Å². The molecule has 0 atom stereocenters. The molecule has 0 aliphatic carbocycles. The Labute approximate surface area is 168 Å². The average Bonchev–Trinajstić information content (AvgIpc) is 2.71. The van der Waals surface area contributed by atoms with Crippen molar-refractivity contribution in [1.82, 2.24) is 4.90 Å². The van der Waals surface area contributed by atoms with Crippen LogP contribution in [0.25, 0.3) is 0 Å². The number of nitrogens with one attached hydrogen (secondary N) is 1. The molecule has 0 aromatic heterocycles. The second-order valence-corrected chi connectivity index (χ2v) is 6.15. The van der Waals surface area contributed by atoms with Crippen molar-refractivity contribution in [3.8, 4) is 5.75 Å². The molecule has 0 radical (unpaired) electrons. The van der Waals surface area contributed by atoms with Crippen molar-refractivity contribution in [2.75, 3.05) is 31.6 Å². The quantitative estimate of drug-likeness (QED) is 0.376. The Balaban J connectivity index is 1.98. The molecule has 2 N–H and O–H groups in total. The number of nitro groups is 1. The summed E-state index contributed by atoms with van der Waals surface area (Å²) in [4.78, 5) is 36.6. The van der Waals surface area contributed by atoms with Gasteiger partial charge < -0.3 is 20.1 Å². The first-order chi connectivity index (χ1) is 13.8. The number of likely N-dealkylation sites (N-methyl/N-ethyl adjacent to an activating group) is 1. The fourth-order valence-corrected chi connectivity index (χ4v) is 2.60. The van der Waals surface area contributed by atoms with Gasteiger partial charge in [-0.05, 0) is 37.4 Å².